The molecule has 0 saturated heterocycles. The van der Waals surface area contributed by atoms with Gasteiger partial charge in [0.1, 0.15) is 5.78 Å². The molecule has 0 N–H and O–H groups in total. The first-order chi connectivity index (χ1) is 5.29. The van der Waals surface area contributed by atoms with E-state index in [-0.39, 0.29) is 5.78 Å². The van der Waals surface area contributed by atoms with Crippen molar-refractivity contribution < 1.29 is 4.79 Å². The van der Waals surface area contributed by atoms with Crippen LogP contribution in [0.1, 0.15) is 19.8 Å². The van der Waals surface area contributed by atoms with Crippen molar-refractivity contribution in [2.24, 2.45) is 0 Å². The molecule has 1 atom stereocenters. The van der Waals surface area contributed by atoms with Crippen LogP contribution in [0.4, 0.5) is 0 Å². The minimum atomic E-state index is 0.285. The Morgan fingerprint density at radius 3 is 3.09 bits per heavy atom. The van der Waals surface area contributed by atoms with Crippen molar-refractivity contribution in [3.05, 3.63) is 23.5 Å². The van der Waals surface area contributed by atoms with Gasteiger partial charge in [-0.05, 0) is 25.1 Å². The molecule has 1 nitrogen and oxygen atoms in total. The second kappa shape index (κ2) is 4.46. The van der Waals surface area contributed by atoms with Crippen LogP contribution in [0.15, 0.2) is 23.5 Å². The maximum Gasteiger partial charge on any atom is 0.130 e. The van der Waals surface area contributed by atoms with Gasteiger partial charge in [0.25, 0.3) is 0 Å². The first-order valence-electron chi connectivity index (χ1n) is 3.87. The van der Waals surface area contributed by atoms with Crippen LogP contribution in [0.5, 0.6) is 0 Å². The summed E-state index contributed by atoms with van der Waals surface area (Å²) in [5, 5.41) is 0. The van der Waals surface area contributed by atoms with Gasteiger partial charge >= 0.3 is 0 Å². The van der Waals surface area contributed by atoms with Crippen molar-refractivity contribution in [1.82, 2.24) is 0 Å². The summed E-state index contributed by atoms with van der Waals surface area (Å²) in [5.41, 5.74) is 1.34. The molecule has 0 bridgehead atoms. The number of ketones is 1. The molecule has 2 heteroatoms. The van der Waals surface area contributed by atoms with E-state index < -0.39 is 0 Å². The Kier molecular flexibility index (Phi) is 3.51. The van der Waals surface area contributed by atoms with Gasteiger partial charge in [0.2, 0.25) is 0 Å². The fourth-order valence-electron chi connectivity index (χ4n) is 0.992. The van der Waals surface area contributed by atoms with Gasteiger partial charge in [-0.1, -0.05) is 26.5 Å². The molecule has 1 aliphatic heterocycles. The quantitative estimate of drug-likeness (QED) is 0.591. The Morgan fingerprint density at radius 1 is 1.73 bits per heavy atom. The van der Waals surface area contributed by atoms with Gasteiger partial charge in [-0.25, -0.2) is 0 Å². The van der Waals surface area contributed by atoms with Crippen molar-refractivity contribution in [3.8, 4) is 0 Å². The number of rotatable bonds is 3. The van der Waals surface area contributed by atoms with Gasteiger partial charge < -0.3 is 4.79 Å². The van der Waals surface area contributed by atoms with Crippen LogP contribution in [0, 0.1) is 0 Å². The van der Waals surface area contributed by atoms with Crippen LogP contribution in [0.2, 0.25) is 0 Å². The Bertz CT molecular complexity index is 204. The summed E-state index contributed by atoms with van der Waals surface area (Å²) in [5.74, 6) is 2.54. The smallest absolute Gasteiger partial charge is 0.130 e. The molecule has 0 fully saturated rings. The van der Waals surface area contributed by atoms with Crippen molar-refractivity contribution in [2.75, 3.05) is 6.16 Å². The zero-order chi connectivity index (χ0) is 8.10. The normalized spacial score (nSPS) is 18.5. The van der Waals surface area contributed by atoms with Crippen LogP contribution in [0.3, 0.4) is 0 Å². The van der Waals surface area contributed by atoms with Gasteiger partial charge in [-0.15, -0.1) is 0 Å². The Hall–Kier alpha value is -0.420. The zero-order valence-corrected chi connectivity index (χ0v) is 7.76. The van der Waals surface area contributed by atoms with Gasteiger partial charge in [0.05, 0.1) is 0 Å². The monoisotopic (exact) mass is 168 g/mol. The molecule has 0 spiro atoms. The lowest BCUT2D eigenvalue weighted by atomic mass is 10.1. The molecule has 1 unspecified atom stereocenters. The molecule has 0 aliphatic carbocycles. The standard InChI is InChI=1S/C9H13OP/c1-8(10)4-5-9-3-2-6-11-7-9/h2-3,7,11H,4-6H2,1H3. The van der Waals surface area contributed by atoms with Crippen LogP contribution >= 0.6 is 8.58 Å². The van der Waals surface area contributed by atoms with Crippen molar-refractivity contribution in [3.63, 3.8) is 0 Å². The van der Waals surface area contributed by atoms with Gasteiger partial charge in [0, 0.05) is 6.42 Å². The summed E-state index contributed by atoms with van der Waals surface area (Å²) in [6, 6.07) is 0. The van der Waals surface area contributed by atoms with E-state index in [1.54, 1.807) is 6.92 Å². The number of carbonyl (C=O) groups is 1. The number of hydrogen-bond donors (Lipinski definition) is 0. The van der Waals surface area contributed by atoms with Crippen molar-refractivity contribution in [1.29, 1.82) is 0 Å². The highest BCUT2D eigenvalue weighted by Crippen LogP contribution is 2.23. The second-order valence-corrected chi connectivity index (χ2v) is 3.84. The SMILES string of the molecule is CC(=O)CCC1=CPCC=C1. The fraction of sp³-hybridized carbons (Fsp3) is 0.444. The van der Waals surface area contributed by atoms with Crippen molar-refractivity contribution in [2.45, 2.75) is 19.8 Å². The fourth-order valence-corrected chi connectivity index (χ4v) is 1.87. The van der Waals surface area contributed by atoms with Crippen LogP contribution < -0.4 is 0 Å². The summed E-state index contributed by atoms with van der Waals surface area (Å²) in [7, 11) is 0.925. The van der Waals surface area contributed by atoms with Gasteiger partial charge in [-0.3, -0.25) is 0 Å². The third-order valence-corrected chi connectivity index (χ3v) is 2.67. The van der Waals surface area contributed by atoms with Crippen LogP contribution in [-0.2, 0) is 4.79 Å². The minimum Gasteiger partial charge on any atom is -0.300 e. The summed E-state index contributed by atoms with van der Waals surface area (Å²) >= 11 is 0. The predicted molar refractivity (Wildman–Crippen MR) is 50.3 cm³/mol. The van der Waals surface area contributed by atoms with E-state index in [2.05, 4.69) is 18.0 Å². The first-order valence-corrected chi connectivity index (χ1v) is 5.16. The highest BCUT2D eigenvalue weighted by molar-refractivity contribution is 7.42. The first kappa shape index (κ1) is 8.67. The predicted octanol–water partition coefficient (Wildman–Crippen LogP) is 2.49. The molecular formula is C9H13OP. The molecule has 0 aromatic carbocycles. The minimum absolute atomic E-state index is 0.285. The number of carbonyl (C=O) groups excluding carboxylic acids is 1. The largest absolute Gasteiger partial charge is 0.300 e. The molecule has 0 amide bonds. The van der Waals surface area contributed by atoms with E-state index in [4.69, 9.17) is 0 Å². The Labute approximate surface area is 69.4 Å². The van der Waals surface area contributed by atoms with E-state index in [9.17, 15) is 4.79 Å². The summed E-state index contributed by atoms with van der Waals surface area (Å²) < 4.78 is 0. The molecule has 0 radical (unpaired) electrons. The lowest BCUT2D eigenvalue weighted by Crippen LogP contribution is -1.91. The summed E-state index contributed by atoms with van der Waals surface area (Å²) in [6.45, 7) is 1.65. The summed E-state index contributed by atoms with van der Waals surface area (Å²) in [6.07, 6.45) is 7.14. The third kappa shape index (κ3) is 3.48. The van der Waals surface area contributed by atoms with Crippen LogP contribution in [-0.4, -0.2) is 11.9 Å². The molecule has 0 saturated carbocycles. The zero-order valence-electron chi connectivity index (χ0n) is 6.76. The van der Waals surface area contributed by atoms with Crippen LogP contribution in [0.25, 0.3) is 0 Å². The topological polar surface area (TPSA) is 17.1 Å². The highest BCUT2D eigenvalue weighted by Gasteiger charge is 1.98. The molecule has 0 aromatic rings. The molecule has 1 rings (SSSR count). The molecule has 60 valence electrons. The highest BCUT2D eigenvalue weighted by atomic mass is 31.1. The lowest BCUT2D eigenvalue weighted by molar-refractivity contribution is -0.116. The average molecular weight is 168 g/mol. The molecule has 1 aliphatic rings. The van der Waals surface area contributed by atoms with E-state index in [1.807, 2.05) is 0 Å². The molecule has 1 heterocycles. The second-order valence-electron chi connectivity index (χ2n) is 2.73. The van der Waals surface area contributed by atoms with E-state index in [0.717, 1.165) is 15.0 Å². The van der Waals surface area contributed by atoms with E-state index in [0.29, 0.717) is 6.42 Å². The Morgan fingerprint density at radius 2 is 2.55 bits per heavy atom. The third-order valence-electron chi connectivity index (χ3n) is 1.62. The lowest BCUT2D eigenvalue weighted by Gasteiger charge is -2.04. The number of Topliss-reactive ketones (excluding diaryl/α,β-unsaturated/α-hetero) is 1. The number of allylic oxidation sites excluding steroid dienone is 3. The Balaban J connectivity index is 2.31. The number of hydrogen-bond acceptors (Lipinski definition) is 1. The van der Waals surface area contributed by atoms with E-state index >= 15 is 0 Å². The van der Waals surface area contributed by atoms with E-state index in [1.165, 1.54) is 11.7 Å². The maximum absolute atomic E-state index is 10.6. The summed E-state index contributed by atoms with van der Waals surface area (Å²) in [4.78, 5) is 10.6. The van der Waals surface area contributed by atoms with Crippen molar-refractivity contribution >= 4 is 14.4 Å². The van der Waals surface area contributed by atoms with Gasteiger partial charge in [0.15, 0.2) is 0 Å². The average Bonchev–Trinajstić information content (AvgIpc) is 2.03. The molecule has 11 heavy (non-hydrogen) atoms. The molecular weight excluding hydrogens is 155 g/mol. The molecule has 0 aromatic heterocycles. The van der Waals surface area contributed by atoms with Gasteiger partial charge in [-0.2, -0.15) is 0 Å². The maximum atomic E-state index is 10.6.